The van der Waals surface area contributed by atoms with Crippen molar-refractivity contribution in [1.29, 1.82) is 0 Å². The third-order valence-corrected chi connectivity index (χ3v) is 5.00. The lowest BCUT2D eigenvalue weighted by Gasteiger charge is -2.38. The number of carbonyl (C=O) groups excluding carboxylic acids is 3. The van der Waals surface area contributed by atoms with Crippen LogP contribution in [0.15, 0.2) is 36.4 Å². The molecule has 2 aromatic rings. The molecule has 2 heterocycles. The van der Waals surface area contributed by atoms with Gasteiger partial charge in [-0.25, -0.2) is 0 Å². The summed E-state index contributed by atoms with van der Waals surface area (Å²) in [6, 6.07) is 10.1. The molecule has 1 aliphatic heterocycles. The third-order valence-electron chi connectivity index (χ3n) is 5.00. The number of nitrogens with zero attached hydrogens (tertiary/aromatic N) is 3. The molecule has 0 spiro atoms. The van der Waals surface area contributed by atoms with Gasteiger partial charge in [0.25, 0.3) is 0 Å². The molecule has 3 rings (SSSR count). The van der Waals surface area contributed by atoms with Crippen LogP contribution in [-0.4, -0.2) is 57.4 Å². The second-order valence-corrected chi connectivity index (χ2v) is 7.22. The number of hydrogen-bond acceptors (Lipinski definition) is 4. The summed E-state index contributed by atoms with van der Waals surface area (Å²) in [5, 5.41) is 9.80. The zero-order valence-electron chi connectivity index (χ0n) is 16.9. The summed E-state index contributed by atoms with van der Waals surface area (Å²) in [6.45, 7) is 5.48. The molecule has 0 aliphatic carbocycles. The highest BCUT2D eigenvalue weighted by Crippen LogP contribution is 2.24. The van der Waals surface area contributed by atoms with Gasteiger partial charge in [-0.3, -0.25) is 19.5 Å². The first-order valence-corrected chi connectivity index (χ1v) is 9.94. The minimum atomic E-state index is -0.860. The smallest absolute Gasteiger partial charge is 0.313 e. The second kappa shape index (κ2) is 9.36. The van der Waals surface area contributed by atoms with E-state index in [9.17, 15) is 14.4 Å². The Kier molecular flexibility index (Phi) is 6.64. The fourth-order valence-electron chi connectivity index (χ4n) is 3.45. The van der Waals surface area contributed by atoms with Gasteiger partial charge in [-0.15, -0.1) is 0 Å². The Bertz CT molecular complexity index is 864. The number of aryl methyl sites for hydroxylation is 1. The lowest BCUT2D eigenvalue weighted by atomic mass is 10.0. The van der Waals surface area contributed by atoms with Crippen molar-refractivity contribution in [2.45, 2.75) is 39.3 Å². The van der Waals surface area contributed by atoms with Crippen LogP contribution in [0.4, 0.5) is 0 Å². The molecule has 0 radical (unpaired) electrons. The van der Waals surface area contributed by atoms with Crippen LogP contribution in [0.3, 0.4) is 0 Å². The molecule has 29 heavy (non-hydrogen) atoms. The molecule has 1 fully saturated rings. The molecule has 8 heteroatoms. The highest BCUT2D eigenvalue weighted by atomic mass is 16.2. The largest absolute Gasteiger partial charge is 0.348 e. The molecule has 1 aromatic carbocycles. The summed E-state index contributed by atoms with van der Waals surface area (Å²) in [6.07, 6.45) is 1.80. The molecule has 2 N–H and O–H groups in total. The predicted octanol–water partition coefficient (Wildman–Crippen LogP) is 1.55. The Labute approximate surface area is 170 Å². The molecular formula is C21H27N5O3. The molecule has 1 aliphatic rings. The summed E-state index contributed by atoms with van der Waals surface area (Å²) in [7, 11) is 0. The van der Waals surface area contributed by atoms with E-state index in [0.29, 0.717) is 30.9 Å². The zero-order chi connectivity index (χ0) is 20.8. The summed E-state index contributed by atoms with van der Waals surface area (Å²) >= 11 is 0. The Morgan fingerprint density at radius 3 is 2.62 bits per heavy atom. The van der Waals surface area contributed by atoms with Gasteiger partial charge in [0.2, 0.25) is 5.91 Å². The van der Waals surface area contributed by atoms with Crippen molar-refractivity contribution < 1.29 is 14.4 Å². The lowest BCUT2D eigenvalue weighted by molar-refractivity contribution is -0.159. The fraction of sp³-hybridized carbons (Fsp3) is 0.429. The molecule has 1 aromatic heterocycles. The Morgan fingerprint density at radius 1 is 1.21 bits per heavy atom. The van der Waals surface area contributed by atoms with Gasteiger partial charge in [0.15, 0.2) is 0 Å². The van der Waals surface area contributed by atoms with Crippen molar-refractivity contribution >= 4 is 17.7 Å². The quantitative estimate of drug-likeness (QED) is 0.660. The number of piperazine rings is 1. The number of unbranched alkanes of at least 4 members (excludes halogenated alkanes) is 1. The van der Waals surface area contributed by atoms with E-state index in [1.165, 1.54) is 4.90 Å². The molecule has 0 unspecified atom stereocenters. The predicted molar refractivity (Wildman–Crippen MR) is 108 cm³/mol. The molecule has 0 bridgehead atoms. The Hall–Kier alpha value is -3.16. The number of carbonyl (C=O) groups is 3. The van der Waals surface area contributed by atoms with E-state index in [-0.39, 0.29) is 12.5 Å². The number of benzene rings is 1. The van der Waals surface area contributed by atoms with E-state index in [1.54, 1.807) is 17.0 Å². The van der Waals surface area contributed by atoms with Crippen molar-refractivity contribution in [3.63, 3.8) is 0 Å². The molecule has 154 valence electrons. The average Bonchev–Trinajstić information content (AvgIpc) is 3.15. The van der Waals surface area contributed by atoms with E-state index in [1.807, 2.05) is 38.1 Å². The maximum atomic E-state index is 13.1. The molecule has 1 atom stereocenters. The number of rotatable bonds is 8. The molecule has 8 nitrogen and oxygen atoms in total. The van der Waals surface area contributed by atoms with Crippen LogP contribution < -0.4 is 5.32 Å². The van der Waals surface area contributed by atoms with E-state index in [2.05, 4.69) is 15.5 Å². The lowest BCUT2D eigenvalue weighted by Crippen LogP contribution is -2.57. The van der Waals surface area contributed by atoms with E-state index in [4.69, 9.17) is 0 Å². The van der Waals surface area contributed by atoms with Gasteiger partial charge in [-0.1, -0.05) is 43.7 Å². The van der Waals surface area contributed by atoms with Gasteiger partial charge in [-0.2, -0.15) is 5.10 Å². The normalized spacial score (nSPS) is 15.5. The first-order chi connectivity index (χ1) is 14.0. The van der Waals surface area contributed by atoms with Crippen molar-refractivity contribution in [2.24, 2.45) is 0 Å². The highest BCUT2D eigenvalue weighted by Gasteiger charge is 2.39. The SMILES string of the molecule is CCCCN1CCN([C@@H](C(=O)NCc2cc(C)[nH]n2)c2ccccc2)C(=O)C1=O. The standard InChI is InChI=1S/C21H27N5O3/c1-3-4-10-25-11-12-26(21(29)20(25)28)18(16-8-6-5-7-9-16)19(27)22-14-17-13-15(2)23-24-17/h5-9,13,18H,3-4,10-12,14H2,1-2H3,(H,22,27)(H,23,24)/t18-/m1/s1. The van der Waals surface area contributed by atoms with Gasteiger partial charge < -0.3 is 15.1 Å². The molecule has 3 amide bonds. The number of hydrogen-bond donors (Lipinski definition) is 2. The topological polar surface area (TPSA) is 98.4 Å². The number of H-pyrrole nitrogens is 1. The van der Waals surface area contributed by atoms with E-state index in [0.717, 1.165) is 18.5 Å². The second-order valence-electron chi connectivity index (χ2n) is 7.22. The summed E-state index contributed by atoms with van der Waals surface area (Å²) in [5.74, 6) is -1.51. The van der Waals surface area contributed by atoms with Crippen LogP contribution in [0.25, 0.3) is 0 Å². The van der Waals surface area contributed by atoms with Crippen LogP contribution in [0, 0.1) is 6.92 Å². The van der Waals surface area contributed by atoms with E-state index >= 15 is 0 Å². The first kappa shape index (κ1) is 20.6. The average molecular weight is 397 g/mol. The number of amides is 3. The van der Waals surface area contributed by atoms with Crippen molar-refractivity contribution in [2.75, 3.05) is 19.6 Å². The van der Waals surface area contributed by atoms with Crippen LogP contribution in [-0.2, 0) is 20.9 Å². The van der Waals surface area contributed by atoms with Gasteiger partial charge in [0.05, 0.1) is 12.2 Å². The maximum absolute atomic E-state index is 13.1. The van der Waals surface area contributed by atoms with Crippen molar-refractivity contribution in [3.05, 3.63) is 53.3 Å². The first-order valence-electron chi connectivity index (χ1n) is 9.94. The monoisotopic (exact) mass is 397 g/mol. The summed E-state index contributed by atoms with van der Waals surface area (Å²) in [5.41, 5.74) is 2.28. The highest BCUT2D eigenvalue weighted by molar-refractivity contribution is 6.35. The maximum Gasteiger partial charge on any atom is 0.313 e. The molecule has 1 saturated heterocycles. The summed E-state index contributed by atoms with van der Waals surface area (Å²) < 4.78 is 0. The fourth-order valence-corrected chi connectivity index (χ4v) is 3.45. The zero-order valence-corrected chi connectivity index (χ0v) is 16.9. The molecule has 0 saturated carbocycles. The Morgan fingerprint density at radius 2 is 1.97 bits per heavy atom. The summed E-state index contributed by atoms with van der Waals surface area (Å²) in [4.78, 5) is 41.4. The van der Waals surface area contributed by atoms with Crippen LogP contribution >= 0.6 is 0 Å². The van der Waals surface area contributed by atoms with Gasteiger partial charge in [0.1, 0.15) is 6.04 Å². The van der Waals surface area contributed by atoms with Crippen LogP contribution in [0.1, 0.15) is 42.8 Å². The van der Waals surface area contributed by atoms with Crippen molar-refractivity contribution in [3.8, 4) is 0 Å². The van der Waals surface area contributed by atoms with Gasteiger partial charge in [0, 0.05) is 25.3 Å². The third kappa shape index (κ3) is 4.82. The van der Waals surface area contributed by atoms with E-state index < -0.39 is 17.9 Å². The van der Waals surface area contributed by atoms with Gasteiger partial charge >= 0.3 is 11.8 Å². The van der Waals surface area contributed by atoms with Crippen LogP contribution in [0.2, 0.25) is 0 Å². The number of aromatic nitrogens is 2. The van der Waals surface area contributed by atoms with Crippen LogP contribution in [0.5, 0.6) is 0 Å². The molecular weight excluding hydrogens is 370 g/mol. The number of nitrogens with one attached hydrogen (secondary N) is 2. The van der Waals surface area contributed by atoms with Crippen molar-refractivity contribution in [1.82, 2.24) is 25.3 Å². The minimum Gasteiger partial charge on any atom is -0.348 e. The Balaban J connectivity index is 1.78. The number of aromatic amines is 1. The minimum absolute atomic E-state index is 0.241. The van der Waals surface area contributed by atoms with Gasteiger partial charge in [-0.05, 0) is 25.0 Å².